The molecule has 2 aliphatic rings. The van der Waals surface area contributed by atoms with Gasteiger partial charge in [-0.2, -0.15) is 5.10 Å². The maximum absolute atomic E-state index is 13.3. The van der Waals surface area contributed by atoms with Crippen LogP contribution in [0, 0.1) is 5.92 Å². The van der Waals surface area contributed by atoms with Gasteiger partial charge in [-0.05, 0) is 49.8 Å². The Balaban J connectivity index is 1.33. The van der Waals surface area contributed by atoms with Crippen molar-refractivity contribution in [3.63, 3.8) is 0 Å². The monoisotopic (exact) mass is 411 g/mol. The van der Waals surface area contributed by atoms with Crippen LogP contribution in [0.2, 0.25) is 0 Å². The van der Waals surface area contributed by atoms with Gasteiger partial charge in [0.05, 0.1) is 11.2 Å². The predicted octanol–water partition coefficient (Wildman–Crippen LogP) is 3.92. The number of aromatic nitrogens is 4. The SMILES string of the molecule is O=c1ccc(C2CC2)nn1CC1CCN(c2nc(C(F)F)nc3ccccc23)CC1. The van der Waals surface area contributed by atoms with Crippen LogP contribution in [0.3, 0.4) is 0 Å². The molecule has 3 aromatic rings. The number of hydrogen-bond acceptors (Lipinski definition) is 5. The van der Waals surface area contributed by atoms with Crippen molar-refractivity contribution in [2.75, 3.05) is 18.0 Å². The van der Waals surface area contributed by atoms with Gasteiger partial charge in [-0.25, -0.2) is 23.4 Å². The molecule has 0 radical (unpaired) electrons. The number of piperidine rings is 1. The Morgan fingerprint density at radius 3 is 2.50 bits per heavy atom. The molecule has 3 heterocycles. The fraction of sp³-hybridized carbons (Fsp3) is 0.455. The van der Waals surface area contributed by atoms with Crippen LogP contribution in [0.1, 0.15) is 49.5 Å². The van der Waals surface area contributed by atoms with Gasteiger partial charge in [-0.1, -0.05) is 12.1 Å². The summed E-state index contributed by atoms with van der Waals surface area (Å²) in [5, 5.41) is 5.35. The van der Waals surface area contributed by atoms with E-state index in [9.17, 15) is 13.6 Å². The summed E-state index contributed by atoms with van der Waals surface area (Å²) >= 11 is 0. The molecular formula is C22H23F2N5O. The van der Waals surface area contributed by atoms with Crippen LogP contribution < -0.4 is 10.5 Å². The number of fused-ring (bicyclic) bond motifs is 1. The fourth-order valence-electron chi connectivity index (χ4n) is 4.18. The van der Waals surface area contributed by atoms with E-state index in [1.54, 1.807) is 22.9 Å². The Morgan fingerprint density at radius 1 is 1.00 bits per heavy atom. The molecule has 1 saturated heterocycles. The molecule has 0 bridgehead atoms. The van der Waals surface area contributed by atoms with Crippen molar-refractivity contribution < 1.29 is 8.78 Å². The highest BCUT2D eigenvalue weighted by Crippen LogP contribution is 2.38. The molecule has 8 heteroatoms. The first-order valence-corrected chi connectivity index (χ1v) is 10.5. The molecule has 1 aliphatic carbocycles. The molecular weight excluding hydrogens is 388 g/mol. The van der Waals surface area contributed by atoms with Crippen LogP contribution in [0.4, 0.5) is 14.6 Å². The van der Waals surface area contributed by atoms with Gasteiger partial charge in [0.25, 0.3) is 12.0 Å². The minimum absolute atomic E-state index is 0.0646. The van der Waals surface area contributed by atoms with Crippen molar-refractivity contribution in [2.24, 2.45) is 5.92 Å². The first kappa shape index (κ1) is 19.1. The minimum atomic E-state index is -2.71. The van der Waals surface area contributed by atoms with Gasteiger partial charge in [0.2, 0.25) is 0 Å². The first-order chi connectivity index (χ1) is 14.6. The van der Waals surface area contributed by atoms with Crippen molar-refractivity contribution in [3.8, 4) is 0 Å². The number of halogens is 2. The van der Waals surface area contributed by atoms with E-state index < -0.39 is 12.2 Å². The Bertz CT molecular complexity index is 1120. The van der Waals surface area contributed by atoms with Crippen molar-refractivity contribution in [1.29, 1.82) is 0 Å². The molecule has 1 aromatic carbocycles. The van der Waals surface area contributed by atoms with Gasteiger partial charge in [0.15, 0.2) is 5.82 Å². The Morgan fingerprint density at radius 2 is 1.77 bits per heavy atom. The number of benzene rings is 1. The van der Waals surface area contributed by atoms with E-state index in [-0.39, 0.29) is 5.56 Å². The van der Waals surface area contributed by atoms with Crippen molar-refractivity contribution in [2.45, 2.75) is 44.6 Å². The number of rotatable bonds is 5. The highest BCUT2D eigenvalue weighted by Gasteiger charge is 2.27. The molecule has 2 fully saturated rings. The van der Waals surface area contributed by atoms with E-state index in [0.717, 1.165) is 36.8 Å². The van der Waals surface area contributed by atoms with Crippen LogP contribution in [-0.2, 0) is 6.54 Å². The third kappa shape index (κ3) is 3.78. The van der Waals surface area contributed by atoms with Crippen molar-refractivity contribution >= 4 is 16.7 Å². The second-order valence-electron chi connectivity index (χ2n) is 8.21. The molecule has 0 amide bonds. The van der Waals surface area contributed by atoms with E-state index in [1.807, 2.05) is 18.2 Å². The highest BCUT2D eigenvalue weighted by atomic mass is 19.3. The van der Waals surface area contributed by atoms with Crippen molar-refractivity contribution in [3.05, 3.63) is 58.3 Å². The fourth-order valence-corrected chi connectivity index (χ4v) is 4.18. The average molecular weight is 411 g/mol. The number of anilines is 1. The summed E-state index contributed by atoms with van der Waals surface area (Å²) in [7, 11) is 0. The third-order valence-corrected chi connectivity index (χ3v) is 6.02. The molecule has 5 rings (SSSR count). The normalized spacial score (nSPS) is 17.8. The second-order valence-corrected chi connectivity index (χ2v) is 8.21. The average Bonchev–Trinajstić information content (AvgIpc) is 3.60. The van der Waals surface area contributed by atoms with E-state index in [4.69, 9.17) is 0 Å². The zero-order valence-electron chi connectivity index (χ0n) is 16.5. The summed E-state index contributed by atoms with van der Waals surface area (Å²) in [4.78, 5) is 22.5. The van der Waals surface area contributed by atoms with Gasteiger partial charge < -0.3 is 4.90 Å². The number of para-hydroxylation sites is 1. The maximum Gasteiger partial charge on any atom is 0.297 e. The van der Waals surface area contributed by atoms with E-state index in [0.29, 0.717) is 42.8 Å². The smallest absolute Gasteiger partial charge is 0.297 e. The van der Waals surface area contributed by atoms with Crippen LogP contribution in [0.25, 0.3) is 10.9 Å². The summed E-state index contributed by atoms with van der Waals surface area (Å²) < 4.78 is 28.2. The lowest BCUT2D eigenvalue weighted by Crippen LogP contribution is -2.37. The van der Waals surface area contributed by atoms with Gasteiger partial charge in [0.1, 0.15) is 5.82 Å². The van der Waals surface area contributed by atoms with E-state index in [1.165, 1.54) is 0 Å². The van der Waals surface area contributed by atoms with Crippen LogP contribution in [0.15, 0.2) is 41.2 Å². The molecule has 0 N–H and O–H groups in total. The topological polar surface area (TPSA) is 63.9 Å². The summed E-state index contributed by atoms with van der Waals surface area (Å²) in [5.41, 5.74) is 1.48. The van der Waals surface area contributed by atoms with Crippen molar-refractivity contribution in [1.82, 2.24) is 19.7 Å². The van der Waals surface area contributed by atoms with E-state index in [2.05, 4.69) is 20.0 Å². The largest absolute Gasteiger partial charge is 0.356 e. The molecule has 1 saturated carbocycles. The molecule has 6 nitrogen and oxygen atoms in total. The lowest BCUT2D eigenvalue weighted by molar-refractivity contribution is 0.141. The summed E-state index contributed by atoms with van der Waals surface area (Å²) in [6, 6.07) is 10.7. The van der Waals surface area contributed by atoms with Crippen LogP contribution >= 0.6 is 0 Å². The number of hydrogen-bond donors (Lipinski definition) is 0. The number of nitrogens with zero attached hydrogens (tertiary/aromatic N) is 5. The third-order valence-electron chi connectivity index (χ3n) is 6.02. The van der Waals surface area contributed by atoms with Gasteiger partial charge in [0, 0.05) is 37.0 Å². The Labute approximate surface area is 172 Å². The van der Waals surface area contributed by atoms with Gasteiger partial charge in [-0.3, -0.25) is 4.79 Å². The molecule has 0 spiro atoms. The summed E-state index contributed by atoms with van der Waals surface area (Å²) in [6.45, 7) is 2.00. The summed E-state index contributed by atoms with van der Waals surface area (Å²) in [6.07, 6.45) is 1.30. The lowest BCUT2D eigenvalue weighted by Gasteiger charge is -2.33. The molecule has 2 aromatic heterocycles. The lowest BCUT2D eigenvalue weighted by atomic mass is 9.96. The standard InChI is InChI=1S/C22H23F2N5O/c23-20(24)21-25-18-4-2-1-3-16(18)22(26-21)28-11-9-14(10-12-28)13-29-19(30)8-7-17(27-29)15-5-6-15/h1-4,7-8,14-15,20H,5-6,9-13H2. The molecule has 30 heavy (non-hydrogen) atoms. The van der Waals surface area contributed by atoms with Gasteiger partial charge in [-0.15, -0.1) is 0 Å². The molecule has 0 atom stereocenters. The minimum Gasteiger partial charge on any atom is -0.356 e. The van der Waals surface area contributed by atoms with Crippen LogP contribution in [0.5, 0.6) is 0 Å². The molecule has 156 valence electrons. The zero-order chi connectivity index (χ0) is 20.7. The maximum atomic E-state index is 13.3. The highest BCUT2D eigenvalue weighted by molar-refractivity contribution is 5.89. The second kappa shape index (κ2) is 7.74. The Hall–Kier alpha value is -2.90. The quantitative estimate of drug-likeness (QED) is 0.637. The van der Waals surface area contributed by atoms with Crippen LogP contribution in [-0.4, -0.2) is 32.8 Å². The van der Waals surface area contributed by atoms with E-state index >= 15 is 0 Å². The number of alkyl halides is 2. The Kier molecular flexibility index (Phi) is 4.92. The first-order valence-electron chi connectivity index (χ1n) is 10.5. The predicted molar refractivity (Wildman–Crippen MR) is 110 cm³/mol. The molecule has 0 unspecified atom stereocenters. The zero-order valence-corrected chi connectivity index (χ0v) is 16.5. The van der Waals surface area contributed by atoms with Gasteiger partial charge >= 0.3 is 0 Å². The summed E-state index contributed by atoms with van der Waals surface area (Å²) in [5.74, 6) is 0.969. The molecule has 1 aliphatic heterocycles.